The average Bonchev–Trinajstić information content (AvgIpc) is 2.47. The van der Waals surface area contributed by atoms with E-state index >= 15 is 0 Å². The molecule has 0 aromatic heterocycles. The van der Waals surface area contributed by atoms with Gasteiger partial charge in [-0.15, -0.1) is 0 Å². The van der Waals surface area contributed by atoms with Crippen LogP contribution >= 0.6 is 7.60 Å². The summed E-state index contributed by atoms with van der Waals surface area (Å²) in [5, 5.41) is 0. The van der Waals surface area contributed by atoms with Gasteiger partial charge in [-0.1, -0.05) is 26.2 Å². The highest BCUT2D eigenvalue weighted by Crippen LogP contribution is 2.50. The van der Waals surface area contributed by atoms with Crippen molar-refractivity contribution in [3.63, 3.8) is 0 Å². The standard InChI is InChI=1S/C10H21O3P/c1-3-4-9-14(11,12)13-10(2)7-5-6-8-10/h3-9H2,1-2H3,(H,11,12). The summed E-state index contributed by atoms with van der Waals surface area (Å²) in [6.07, 6.45) is 6.08. The van der Waals surface area contributed by atoms with E-state index in [0.29, 0.717) is 6.16 Å². The molecule has 84 valence electrons. The van der Waals surface area contributed by atoms with Gasteiger partial charge in [-0.05, 0) is 26.2 Å². The second-order valence-electron chi connectivity index (χ2n) is 4.46. The van der Waals surface area contributed by atoms with Crippen molar-refractivity contribution in [2.75, 3.05) is 6.16 Å². The van der Waals surface area contributed by atoms with Crippen LogP contribution in [0.4, 0.5) is 0 Å². The van der Waals surface area contributed by atoms with Crippen molar-refractivity contribution in [1.82, 2.24) is 0 Å². The molecule has 0 aliphatic heterocycles. The van der Waals surface area contributed by atoms with Gasteiger partial charge in [-0.3, -0.25) is 4.57 Å². The molecule has 14 heavy (non-hydrogen) atoms. The minimum absolute atomic E-state index is 0.305. The molecule has 0 spiro atoms. The topological polar surface area (TPSA) is 46.5 Å². The van der Waals surface area contributed by atoms with Gasteiger partial charge in [0.05, 0.1) is 5.60 Å². The second-order valence-corrected chi connectivity index (χ2v) is 6.37. The molecule has 4 heteroatoms. The van der Waals surface area contributed by atoms with Gasteiger partial charge >= 0.3 is 7.60 Å². The highest BCUT2D eigenvalue weighted by Gasteiger charge is 2.36. The van der Waals surface area contributed by atoms with Crippen molar-refractivity contribution in [3.05, 3.63) is 0 Å². The first-order chi connectivity index (χ1) is 6.47. The molecule has 0 aromatic carbocycles. The Labute approximate surface area is 86.4 Å². The molecule has 0 amide bonds. The van der Waals surface area contributed by atoms with Gasteiger partial charge in [0.15, 0.2) is 0 Å². The van der Waals surface area contributed by atoms with Crippen LogP contribution in [0.2, 0.25) is 0 Å². The third-order valence-corrected chi connectivity index (χ3v) is 4.43. The molecule has 1 aliphatic rings. The maximum atomic E-state index is 11.7. The van der Waals surface area contributed by atoms with E-state index in [-0.39, 0.29) is 5.60 Å². The molecular formula is C10H21O3P. The smallest absolute Gasteiger partial charge is 0.324 e. The zero-order chi connectivity index (χ0) is 10.7. The summed E-state index contributed by atoms with van der Waals surface area (Å²) in [7, 11) is -3.32. The Hall–Kier alpha value is 0.150. The van der Waals surface area contributed by atoms with E-state index in [1.165, 1.54) is 0 Å². The van der Waals surface area contributed by atoms with Gasteiger partial charge in [-0.25, -0.2) is 0 Å². The van der Waals surface area contributed by atoms with Crippen LogP contribution in [0.5, 0.6) is 0 Å². The maximum absolute atomic E-state index is 11.7. The van der Waals surface area contributed by atoms with Gasteiger partial charge in [0, 0.05) is 6.16 Å². The van der Waals surface area contributed by atoms with Gasteiger partial charge in [-0.2, -0.15) is 0 Å². The van der Waals surface area contributed by atoms with Crippen molar-refractivity contribution >= 4 is 7.60 Å². The van der Waals surface area contributed by atoms with Crippen molar-refractivity contribution in [2.45, 2.75) is 58.0 Å². The van der Waals surface area contributed by atoms with Crippen LogP contribution in [-0.2, 0) is 9.09 Å². The molecule has 0 bridgehead atoms. The van der Waals surface area contributed by atoms with Crippen LogP contribution in [-0.4, -0.2) is 16.7 Å². The summed E-state index contributed by atoms with van der Waals surface area (Å²) < 4.78 is 17.1. The van der Waals surface area contributed by atoms with Gasteiger partial charge in [0.2, 0.25) is 0 Å². The predicted molar refractivity (Wildman–Crippen MR) is 57.6 cm³/mol. The van der Waals surface area contributed by atoms with Crippen LogP contribution in [0.3, 0.4) is 0 Å². The molecule has 1 N–H and O–H groups in total. The largest absolute Gasteiger partial charge is 0.328 e. The third kappa shape index (κ3) is 3.72. The minimum atomic E-state index is -3.32. The first-order valence-corrected chi connectivity index (χ1v) is 7.26. The molecule has 0 saturated heterocycles. The van der Waals surface area contributed by atoms with Gasteiger partial charge < -0.3 is 9.42 Å². The van der Waals surface area contributed by atoms with Crippen LogP contribution in [0.1, 0.15) is 52.4 Å². The lowest BCUT2D eigenvalue weighted by molar-refractivity contribution is 0.0809. The van der Waals surface area contributed by atoms with Crippen molar-refractivity contribution < 1.29 is 14.0 Å². The molecule has 1 unspecified atom stereocenters. The molecule has 0 radical (unpaired) electrons. The summed E-state index contributed by atoms with van der Waals surface area (Å²) in [5.41, 5.74) is -0.335. The Kier molecular flexibility index (Phi) is 4.17. The molecule has 1 rings (SSSR count). The molecule has 1 atom stereocenters. The molecule has 1 saturated carbocycles. The fourth-order valence-corrected chi connectivity index (χ4v) is 3.64. The third-order valence-electron chi connectivity index (χ3n) is 2.82. The molecular weight excluding hydrogens is 199 g/mol. The van der Waals surface area contributed by atoms with Crippen molar-refractivity contribution in [3.8, 4) is 0 Å². The zero-order valence-corrected chi connectivity index (χ0v) is 10.1. The van der Waals surface area contributed by atoms with E-state index in [2.05, 4.69) is 0 Å². The normalized spacial score (nSPS) is 24.8. The lowest BCUT2D eigenvalue weighted by atomic mass is 10.1. The SMILES string of the molecule is CCCCP(=O)(O)OC1(C)CCCC1. The lowest BCUT2D eigenvalue weighted by Gasteiger charge is -2.27. The average molecular weight is 220 g/mol. The Morgan fingerprint density at radius 2 is 2.00 bits per heavy atom. The molecule has 1 aliphatic carbocycles. The zero-order valence-electron chi connectivity index (χ0n) is 9.16. The molecule has 3 nitrogen and oxygen atoms in total. The summed E-state index contributed by atoms with van der Waals surface area (Å²) >= 11 is 0. The van der Waals surface area contributed by atoms with E-state index in [4.69, 9.17) is 4.52 Å². The van der Waals surface area contributed by atoms with E-state index in [9.17, 15) is 9.46 Å². The number of rotatable bonds is 5. The van der Waals surface area contributed by atoms with E-state index in [1.807, 2.05) is 13.8 Å². The summed E-state index contributed by atoms with van der Waals surface area (Å²) in [5.74, 6) is 0. The number of hydrogen-bond donors (Lipinski definition) is 1. The lowest BCUT2D eigenvalue weighted by Crippen LogP contribution is -2.23. The summed E-state index contributed by atoms with van der Waals surface area (Å²) in [4.78, 5) is 9.60. The highest BCUT2D eigenvalue weighted by atomic mass is 31.2. The van der Waals surface area contributed by atoms with Gasteiger partial charge in [0.25, 0.3) is 0 Å². The molecule has 1 fully saturated rings. The number of hydrogen-bond acceptors (Lipinski definition) is 2. The predicted octanol–water partition coefficient (Wildman–Crippen LogP) is 3.32. The Balaban J connectivity index is 2.44. The summed E-state index contributed by atoms with van der Waals surface area (Å²) in [6.45, 7) is 3.96. The van der Waals surface area contributed by atoms with Crippen LogP contribution < -0.4 is 0 Å². The van der Waals surface area contributed by atoms with E-state index < -0.39 is 7.60 Å². The van der Waals surface area contributed by atoms with E-state index in [0.717, 1.165) is 38.5 Å². The first-order valence-electron chi connectivity index (χ1n) is 5.50. The van der Waals surface area contributed by atoms with Gasteiger partial charge in [0.1, 0.15) is 0 Å². The minimum Gasteiger partial charge on any atom is -0.324 e. The quantitative estimate of drug-likeness (QED) is 0.723. The maximum Gasteiger partial charge on any atom is 0.328 e. The number of unbranched alkanes of at least 4 members (excludes halogenated alkanes) is 1. The van der Waals surface area contributed by atoms with E-state index in [1.54, 1.807) is 0 Å². The fraction of sp³-hybridized carbons (Fsp3) is 1.00. The monoisotopic (exact) mass is 220 g/mol. The first kappa shape index (κ1) is 12.2. The molecule has 0 heterocycles. The van der Waals surface area contributed by atoms with Crippen molar-refractivity contribution in [2.24, 2.45) is 0 Å². The van der Waals surface area contributed by atoms with Crippen molar-refractivity contribution in [1.29, 1.82) is 0 Å². The summed E-state index contributed by atoms with van der Waals surface area (Å²) in [6, 6.07) is 0. The Morgan fingerprint density at radius 1 is 1.43 bits per heavy atom. The Bertz CT molecular complexity index is 221. The Morgan fingerprint density at radius 3 is 2.50 bits per heavy atom. The molecule has 0 aromatic rings. The highest BCUT2D eigenvalue weighted by molar-refractivity contribution is 7.52. The second kappa shape index (κ2) is 4.78. The van der Waals surface area contributed by atoms with Crippen LogP contribution in [0, 0.1) is 0 Å². The van der Waals surface area contributed by atoms with Crippen LogP contribution in [0.15, 0.2) is 0 Å². The van der Waals surface area contributed by atoms with Crippen LogP contribution in [0.25, 0.3) is 0 Å². The fourth-order valence-electron chi connectivity index (χ4n) is 1.96.